The Morgan fingerprint density at radius 1 is 1.35 bits per heavy atom. The van der Waals surface area contributed by atoms with E-state index in [1.807, 2.05) is 6.07 Å². The SMILES string of the molecule is O=C(O)CCC1CSC(c2cc3cc(F)cc(NC4CCCC4)c3[nH]2)=N1. The summed E-state index contributed by atoms with van der Waals surface area (Å²) in [6.45, 7) is 0. The molecule has 1 aliphatic carbocycles. The number of halogens is 1. The van der Waals surface area contributed by atoms with Crippen molar-refractivity contribution in [2.45, 2.75) is 50.6 Å². The second kappa shape index (κ2) is 7.31. The normalized spacial score (nSPS) is 20.7. The van der Waals surface area contributed by atoms with Crippen molar-refractivity contribution in [3.05, 3.63) is 29.7 Å². The average Bonchev–Trinajstić information content (AvgIpc) is 3.32. The summed E-state index contributed by atoms with van der Waals surface area (Å²) >= 11 is 1.63. The zero-order valence-corrected chi connectivity index (χ0v) is 15.2. The molecule has 1 fully saturated rings. The summed E-state index contributed by atoms with van der Waals surface area (Å²) in [5.74, 6) is -0.245. The molecule has 5 nitrogen and oxygen atoms in total. The number of nitrogens with one attached hydrogen (secondary N) is 2. The number of benzene rings is 1. The number of fused-ring (bicyclic) bond motifs is 1. The second-order valence-corrected chi connectivity index (χ2v) is 8.07. The number of aliphatic imine (C=N–C) groups is 1. The molecule has 0 saturated heterocycles. The van der Waals surface area contributed by atoms with Gasteiger partial charge in [-0.15, -0.1) is 11.8 Å². The van der Waals surface area contributed by atoms with Crippen LogP contribution in [0.25, 0.3) is 10.9 Å². The molecule has 2 aliphatic rings. The maximum Gasteiger partial charge on any atom is 0.303 e. The third-order valence-corrected chi connectivity index (χ3v) is 6.19. The van der Waals surface area contributed by atoms with Crippen LogP contribution in [0.2, 0.25) is 0 Å². The standard InChI is InChI=1S/C19H22FN3O2S/c20-12-7-11-8-16(19-22-14(10-26-19)5-6-17(24)25)23-18(11)15(9-12)21-13-3-1-2-4-13/h7-9,13-14,21,23H,1-6,10H2,(H,24,25). The predicted molar refractivity (Wildman–Crippen MR) is 104 cm³/mol. The highest BCUT2D eigenvalue weighted by Gasteiger charge is 2.22. The van der Waals surface area contributed by atoms with Crippen molar-refractivity contribution >= 4 is 39.4 Å². The molecule has 1 saturated carbocycles. The molecule has 1 atom stereocenters. The van der Waals surface area contributed by atoms with Crippen molar-refractivity contribution in [2.24, 2.45) is 4.99 Å². The summed E-state index contributed by atoms with van der Waals surface area (Å²) in [4.78, 5) is 18.8. The number of aliphatic carboxylic acids is 1. The summed E-state index contributed by atoms with van der Waals surface area (Å²) in [6.07, 6.45) is 5.37. The van der Waals surface area contributed by atoms with Gasteiger partial charge in [0.2, 0.25) is 0 Å². The van der Waals surface area contributed by atoms with E-state index in [1.54, 1.807) is 17.8 Å². The Balaban J connectivity index is 1.59. The van der Waals surface area contributed by atoms with Crippen molar-refractivity contribution in [2.75, 3.05) is 11.1 Å². The van der Waals surface area contributed by atoms with Crippen LogP contribution in [0.1, 0.15) is 44.2 Å². The Labute approximate surface area is 155 Å². The molecule has 0 amide bonds. The maximum absolute atomic E-state index is 14.1. The fourth-order valence-corrected chi connectivity index (χ4v) is 4.81. The number of nitrogens with zero attached hydrogens (tertiary/aromatic N) is 1. The molecule has 2 aromatic rings. The first-order valence-electron chi connectivity index (χ1n) is 9.10. The first-order valence-corrected chi connectivity index (χ1v) is 10.1. The number of carboxylic acids is 1. The Morgan fingerprint density at radius 3 is 2.92 bits per heavy atom. The van der Waals surface area contributed by atoms with Crippen molar-refractivity contribution < 1.29 is 14.3 Å². The van der Waals surface area contributed by atoms with Crippen LogP contribution < -0.4 is 5.32 Å². The Hall–Kier alpha value is -2.02. The number of rotatable bonds is 6. The average molecular weight is 375 g/mol. The molecule has 1 aliphatic heterocycles. The summed E-state index contributed by atoms with van der Waals surface area (Å²) in [5.41, 5.74) is 2.60. The molecule has 7 heteroatoms. The smallest absolute Gasteiger partial charge is 0.303 e. The quantitative estimate of drug-likeness (QED) is 0.700. The van der Waals surface area contributed by atoms with Crippen LogP contribution in [0, 0.1) is 5.82 Å². The van der Waals surface area contributed by atoms with Crippen LogP contribution in [0.15, 0.2) is 23.2 Å². The van der Waals surface area contributed by atoms with E-state index in [0.29, 0.717) is 12.5 Å². The van der Waals surface area contributed by atoms with Gasteiger partial charge in [0, 0.05) is 23.6 Å². The predicted octanol–water partition coefficient (Wildman–Crippen LogP) is 4.39. The van der Waals surface area contributed by atoms with Crippen LogP contribution >= 0.6 is 11.8 Å². The van der Waals surface area contributed by atoms with E-state index in [9.17, 15) is 9.18 Å². The van der Waals surface area contributed by atoms with Crippen LogP contribution in [-0.2, 0) is 4.79 Å². The Morgan fingerprint density at radius 2 is 2.15 bits per heavy atom. The van der Waals surface area contributed by atoms with E-state index >= 15 is 0 Å². The summed E-state index contributed by atoms with van der Waals surface area (Å²) in [7, 11) is 0. The number of hydrogen-bond donors (Lipinski definition) is 3. The molecular weight excluding hydrogens is 353 g/mol. The molecule has 26 heavy (non-hydrogen) atoms. The number of hydrogen-bond acceptors (Lipinski definition) is 4. The van der Waals surface area contributed by atoms with E-state index in [-0.39, 0.29) is 18.3 Å². The lowest BCUT2D eigenvalue weighted by Gasteiger charge is -2.14. The van der Waals surface area contributed by atoms with Crippen molar-refractivity contribution in [3.8, 4) is 0 Å². The molecule has 2 heterocycles. The number of carbonyl (C=O) groups is 1. The topological polar surface area (TPSA) is 77.5 Å². The fourth-order valence-electron chi connectivity index (χ4n) is 3.73. The number of aromatic amines is 1. The fraction of sp³-hybridized carbons (Fsp3) is 0.474. The summed E-state index contributed by atoms with van der Waals surface area (Å²) in [5, 5.41) is 14.0. The van der Waals surface area contributed by atoms with Gasteiger partial charge in [-0.2, -0.15) is 0 Å². The summed E-state index contributed by atoms with van der Waals surface area (Å²) in [6, 6.07) is 5.47. The van der Waals surface area contributed by atoms with Crippen LogP contribution in [0.3, 0.4) is 0 Å². The van der Waals surface area contributed by atoms with Gasteiger partial charge >= 0.3 is 5.97 Å². The molecule has 0 spiro atoms. The highest BCUT2D eigenvalue weighted by Crippen LogP contribution is 2.32. The Kier molecular flexibility index (Phi) is 4.89. The van der Waals surface area contributed by atoms with Gasteiger partial charge in [-0.25, -0.2) is 4.39 Å². The first kappa shape index (κ1) is 17.4. The molecule has 0 radical (unpaired) electrons. The number of anilines is 1. The minimum atomic E-state index is -0.789. The highest BCUT2D eigenvalue weighted by atomic mass is 32.2. The van der Waals surface area contributed by atoms with E-state index in [2.05, 4.69) is 15.3 Å². The van der Waals surface area contributed by atoms with Gasteiger partial charge in [0.05, 0.1) is 22.9 Å². The van der Waals surface area contributed by atoms with Gasteiger partial charge in [-0.1, -0.05) is 12.8 Å². The summed E-state index contributed by atoms with van der Waals surface area (Å²) < 4.78 is 14.1. The molecule has 0 bridgehead atoms. The van der Waals surface area contributed by atoms with Gasteiger partial charge in [0.1, 0.15) is 10.9 Å². The van der Waals surface area contributed by atoms with Crippen LogP contribution in [0.5, 0.6) is 0 Å². The molecule has 1 unspecified atom stereocenters. The third-order valence-electron chi connectivity index (χ3n) is 5.04. The zero-order valence-electron chi connectivity index (χ0n) is 14.4. The van der Waals surface area contributed by atoms with Gasteiger partial charge in [0.15, 0.2) is 0 Å². The molecular formula is C19H22FN3O2S. The first-order chi connectivity index (χ1) is 12.6. The van der Waals surface area contributed by atoms with Gasteiger partial charge in [-0.3, -0.25) is 9.79 Å². The lowest BCUT2D eigenvalue weighted by atomic mass is 10.2. The van der Waals surface area contributed by atoms with E-state index in [1.165, 1.54) is 18.9 Å². The van der Waals surface area contributed by atoms with Crippen molar-refractivity contribution in [1.29, 1.82) is 0 Å². The molecule has 1 aromatic carbocycles. The van der Waals surface area contributed by atoms with E-state index in [0.717, 1.165) is 45.9 Å². The minimum absolute atomic E-state index is 0.0327. The van der Waals surface area contributed by atoms with E-state index in [4.69, 9.17) is 5.11 Å². The zero-order chi connectivity index (χ0) is 18.1. The number of H-pyrrole nitrogens is 1. The van der Waals surface area contributed by atoms with Crippen LogP contribution in [-0.4, -0.2) is 38.9 Å². The molecule has 4 rings (SSSR count). The minimum Gasteiger partial charge on any atom is -0.481 e. The van der Waals surface area contributed by atoms with Gasteiger partial charge in [0.25, 0.3) is 0 Å². The van der Waals surface area contributed by atoms with Crippen molar-refractivity contribution in [1.82, 2.24) is 4.98 Å². The lowest BCUT2D eigenvalue weighted by molar-refractivity contribution is -0.137. The number of aromatic nitrogens is 1. The monoisotopic (exact) mass is 375 g/mol. The maximum atomic E-state index is 14.1. The highest BCUT2D eigenvalue weighted by molar-refractivity contribution is 8.14. The third kappa shape index (κ3) is 3.72. The van der Waals surface area contributed by atoms with Crippen molar-refractivity contribution in [3.63, 3.8) is 0 Å². The van der Waals surface area contributed by atoms with Crippen LogP contribution in [0.4, 0.5) is 10.1 Å². The number of carboxylic acid groups (broad SMARTS) is 1. The largest absolute Gasteiger partial charge is 0.481 e. The molecule has 1 aromatic heterocycles. The van der Waals surface area contributed by atoms with Gasteiger partial charge in [-0.05, 0) is 37.5 Å². The molecule has 3 N–H and O–H groups in total. The van der Waals surface area contributed by atoms with E-state index < -0.39 is 5.97 Å². The Bertz CT molecular complexity index is 858. The second-order valence-electron chi connectivity index (χ2n) is 7.06. The number of thioether (sulfide) groups is 1. The lowest BCUT2D eigenvalue weighted by Crippen LogP contribution is -2.14. The molecule has 138 valence electrons. The van der Waals surface area contributed by atoms with Gasteiger partial charge < -0.3 is 15.4 Å².